The van der Waals surface area contributed by atoms with Crippen LogP contribution in [0, 0.1) is 5.82 Å². The summed E-state index contributed by atoms with van der Waals surface area (Å²) in [6, 6.07) is 10.1. The molecule has 0 fully saturated rings. The molecule has 0 aromatic heterocycles. The van der Waals surface area contributed by atoms with Crippen LogP contribution in [0.25, 0.3) is 0 Å². The molecule has 2 aromatic rings. The fourth-order valence-corrected chi connectivity index (χ4v) is 2.14. The standard InChI is InChI=1S/C14H12BrClFNO/c1-18-8-9-2-3-10(15)6-14(9)19-11-4-5-13(17)12(16)7-11/h2-7,18H,8H2,1H3. The molecule has 2 rings (SSSR count). The molecule has 0 spiro atoms. The molecule has 1 N–H and O–H groups in total. The topological polar surface area (TPSA) is 21.3 Å². The van der Waals surface area contributed by atoms with Crippen LogP contribution in [0.15, 0.2) is 40.9 Å². The minimum Gasteiger partial charge on any atom is -0.457 e. The number of ether oxygens (including phenoxy) is 1. The molecule has 0 bridgehead atoms. The second kappa shape index (κ2) is 6.37. The maximum Gasteiger partial charge on any atom is 0.142 e. The number of hydrogen-bond acceptors (Lipinski definition) is 2. The summed E-state index contributed by atoms with van der Waals surface area (Å²) in [6.45, 7) is 0.678. The number of hydrogen-bond donors (Lipinski definition) is 1. The van der Waals surface area contributed by atoms with E-state index in [-0.39, 0.29) is 5.02 Å². The van der Waals surface area contributed by atoms with Gasteiger partial charge in [0.05, 0.1) is 5.02 Å². The first-order chi connectivity index (χ1) is 9.10. The van der Waals surface area contributed by atoms with Crippen LogP contribution in [0.4, 0.5) is 4.39 Å². The monoisotopic (exact) mass is 343 g/mol. The predicted molar refractivity (Wildman–Crippen MR) is 78.4 cm³/mol. The van der Waals surface area contributed by atoms with E-state index < -0.39 is 5.82 Å². The Bertz CT molecular complexity index is 592. The molecule has 0 saturated heterocycles. The summed E-state index contributed by atoms with van der Waals surface area (Å²) in [6.07, 6.45) is 0. The molecule has 0 amide bonds. The van der Waals surface area contributed by atoms with Gasteiger partial charge in [-0.1, -0.05) is 33.6 Å². The molecule has 19 heavy (non-hydrogen) atoms. The predicted octanol–water partition coefficient (Wildman–Crippen LogP) is 4.75. The van der Waals surface area contributed by atoms with Crippen molar-refractivity contribution in [2.45, 2.75) is 6.54 Å². The second-order valence-electron chi connectivity index (χ2n) is 3.96. The number of rotatable bonds is 4. The third-order valence-corrected chi connectivity index (χ3v) is 3.30. The third kappa shape index (κ3) is 3.69. The summed E-state index contributed by atoms with van der Waals surface area (Å²) >= 11 is 9.14. The van der Waals surface area contributed by atoms with Crippen molar-refractivity contribution in [3.63, 3.8) is 0 Å². The fraction of sp³-hybridized carbons (Fsp3) is 0.143. The minimum atomic E-state index is -0.460. The summed E-state index contributed by atoms with van der Waals surface area (Å²) in [5.74, 6) is 0.743. The molecule has 0 atom stereocenters. The number of benzene rings is 2. The van der Waals surface area contributed by atoms with E-state index in [0.717, 1.165) is 10.0 Å². The van der Waals surface area contributed by atoms with Crippen LogP contribution in [-0.4, -0.2) is 7.05 Å². The van der Waals surface area contributed by atoms with Crippen molar-refractivity contribution in [1.82, 2.24) is 5.32 Å². The van der Waals surface area contributed by atoms with Crippen LogP contribution in [0.1, 0.15) is 5.56 Å². The average molecular weight is 345 g/mol. The van der Waals surface area contributed by atoms with Crippen molar-refractivity contribution in [3.05, 3.63) is 57.3 Å². The zero-order valence-corrected chi connectivity index (χ0v) is 12.6. The molecule has 0 aliphatic rings. The smallest absolute Gasteiger partial charge is 0.142 e. The molecule has 100 valence electrons. The van der Waals surface area contributed by atoms with Gasteiger partial charge in [0.2, 0.25) is 0 Å². The van der Waals surface area contributed by atoms with Crippen molar-refractivity contribution >= 4 is 27.5 Å². The van der Waals surface area contributed by atoms with E-state index in [0.29, 0.717) is 18.0 Å². The lowest BCUT2D eigenvalue weighted by atomic mass is 10.2. The molecule has 5 heteroatoms. The highest BCUT2D eigenvalue weighted by Crippen LogP contribution is 2.30. The molecule has 0 aliphatic heterocycles. The largest absolute Gasteiger partial charge is 0.457 e. The Morgan fingerprint density at radius 1 is 1.26 bits per heavy atom. The first-order valence-corrected chi connectivity index (χ1v) is 6.83. The second-order valence-corrected chi connectivity index (χ2v) is 5.28. The molecule has 0 unspecified atom stereocenters. The van der Waals surface area contributed by atoms with Gasteiger partial charge >= 0.3 is 0 Å². The highest BCUT2D eigenvalue weighted by molar-refractivity contribution is 9.10. The zero-order valence-electron chi connectivity index (χ0n) is 10.2. The number of halogens is 3. The summed E-state index contributed by atoms with van der Waals surface area (Å²) in [4.78, 5) is 0. The molecule has 2 nitrogen and oxygen atoms in total. The third-order valence-electron chi connectivity index (χ3n) is 2.52. The van der Waals surface area contributed by atoms with Crippen LogP contribution in [0.5, 0.6) is 11.5 Å². The lowest BCUT2D eigenvalue weighted by Gasteiger charge is -2.12. The molecule has 0 aliphatic carbocycles. The van der Waals surface area contributed by atoms with Gasteiger partial charge in [0.25, 0.3) is 0 Å². The van der Waals surface area contributed by atoms with Crippen molar-refractivity contribution < 1.29 is 9.13 Å². The Morgan fingerprint density at radius 3 is 2.74 bits per heavy atom. The van der Waals surface area contributed by atoms with E-state index >= 15 is 0 Å². The van der Waals surface area contributed by atoms with E-state index in [9.17, 15) is 4.39 Å². The van der Waals surface area contributed by atoms with E-state index in [1.165, 1.54) is 12.1 Å². The first-order valence-electron chi connectivity index (χ1n) is 5.66. The quantitative estimate of drug-likeness (QED) is 0.864. The molecule has 0 heterocycles. The highest BCUT2D eigenvalue weighted by atomic mass is 79.9. The normalized spacial score (nSPS) is 10.5. The van der Waals surface area contributed by atoms with E-state index in [1.807, 2.05) is 25.2 Å². The first kappa shape index (κ1) is 14.3. The molecule has 2 aromatic carbocycles. The van der Waals surface area contributed by atoms with E-state index in [4.69, 9.17) is 16.3 Å². The van der Waals surface area contributed by atoms with Gasteiger partial charge in [-0.3, -0.25) is 0 Å². The van der Waals surface area contributed by atoms with Gasteiger partial charge < -0.3 is 10.1 Å². The Labute approximate surface area is 124 Å². The summed E-state index contributed by atoms with van der Waals surface area (Å²) in [7, 11) is 1.86. The maximum atomic E-state index is 13.1. The van der Waals surface area contributed by atoms with Crippen molar-refractivity contribution in [3.8, 4) is 11.5 Å². The van der Waals surface area contributed by atoms with E-state index in [1.54, 1.807) is 6.07 Å². The van der Waals surface area contributed by atoms with E-state index in [2.05, 4.69) is 21.2 Å². The SMILES string of the molecule is CNCc1ccc(Br)cc1Oc1ccc(F)c(Cl)c1. The van der Waals surface area contributed by atoms with Gasteiger partial charge in [-0.25, -0.2) is 4.39 Å². The van der Waals surface area contributed by atoms with Crippen LogP contribution in [0.3, 0.4) is 0 Å². The number of nitrogens with one attached hydrogen (secondary N) is 1. The van der Waals surface area contributed by atoms with Gasteiger partial charge in [-0.15, -0.1) is 0 Å². The van der Waals surface area contributed by atoms with Crippen LogP contribution >= 0.6 is 27.5 Å². The molecular weight excluding hydrogens is 333 g/mol. The zero-order chi connectivity index (χ0) is 13.8. The van der Waals surface area contributed by atoms with Crippen LogP contribution in [-0.2, 0) is 6.54 Å². The van der Waals surface area contributed by atoms with Crippen molar-refractivity contribution in [2.75, 3.05) is 7.05 Å². The Hall–Kier alpha value is -1.10. The van der Waals surface area contributed by atoms with Crippen molar-refractivity contribution in [2.24, 2.45) is 0 Å². The lowest BCUT2D eigenvalue weighted by Crippen LogP contribution is -2.06. The summed E-state index contributed by atoms with van der Waals surface area (Å²) in [5.41, 5.74) is 1.01. The minimum absolute atomic E-state index is 0.0441. The Kier molecular flexibility index (Phi) is 4.80. The highest BCUT2D eigenvalue weighted by Gasteiger charge is 2.07. The van der Waals surface area contributed by atoms with Gasteiger partial charge in [-0.05, 0) is 31.3 Å². The van der Waals surface area contributed by atoms with Gasteiger partial charge in [-0.2, -0.15) is 0 Å². The molecular formula is C14H12BrClFNO. The Balaban J connectivity index is 2.30. The molecule has 0 saturated carbocycles. The maximum absolute atomic E-state index is 13.1. The van der Waals surface area contributed by atoms with Gasteiger partial charge in [0.15, 0.2) is 0 Å². The van der Waals surface area contributed by atoms with Crippen molar-refractivity contribution in [1.29, 1.82) is 0 Å². The lowest BCUT2D eigenvalue weighted by molar-refractivity contribution is 0.472. The van der Waals surface area contributed by atoms with Gasteiger partial charge in [0, 0.05) is 22.6 Å². The fourth-order valence-electron chi connectivity index (χ4n) is 1.63. The molecule has 0 radical (unpaired) electrons. The average Bonchev–Trinajstić information content (AvgIpc) is 2.37. The van der Waals surface area contributed by atoms with Crippen LogP contribution in [0.2, 0.25) is 5.02 Å². The summed E-state index contributed by atoms with van der Waals surface area (Å²) < 4.78 is 19.8. The summed E-state index contributed by atoms with van der Waals surface area (Å²) in [5, 5.41) is 3.11. The van der Waals surface area contributed by atoms with Gasteiger partial charge in [0.1, 0.15) is 17.3 Å². The van der Waals surface area contributed by atoms with Crippen LogP contribution < -0.4 is 10.1 Å². The Morgan fingerprint density at radius 2 is 2.05 bits per heavy atom.